The number of hydrogen-bond donors (Lipinski definition) is 1. The number of ether oxygens (including phenoxy) is 1. The molecular weight excluding hydrogens is 440 g/mol. The number of thioether (sulfide) groups is 1. The number of carbonyl (C=O) groups excluding carboxylic acids is 3. The average molecular weight is 467 g/mol. The molecule has 4 rings (SSSR count). The molecule has 8 nitrogen and oxygen atoms in total. The van der Waals surface area contributed by atoms with Crippen molar-refractivity contribution in [3.05, 3.63) is 59.2 Å². The zero-order valence-electron chi connectivity index (χ0n) is 19.2. The number of fused-ring (bicyclic) bond motifs is 2. The first kappa shape index (κ1) is 22.8. The molecule has 172 valence electrons. The highest BCUT2D eigenvalue weighted by atomic mass is 32.2. The van der Waals surface area contributed by atoms with Crippen molar-refractivity contribution in [3.8, 4) is 5.75 Å². The molecule has 2 aromatic carbocycles. The molecule has 2 aliphatic heterocycles. The summed E-state index contributed by atoms with van der Waals surface area (Å²) in [6.45, 7) is 8.82. The van der Waals surface area contributed by atoms with Gasteiger partial charge in [0.2, 0.25) is 16.7 Å². The fourth-order valence-corrected chi connectivity index (χ4v) is 5.50. The minimum atomic E-state index is -1.42. The molecule has 33 heavy (non-hydrogen) atoms. The maximum atomic E-state index is 14.1. The second-order valence-electron chi connectivity index (χ2n) is 8.30. The van der Waals surface area contributed by atoms with Gasteiger partial charge in [-0.1, -0.05) is 36.4 Å². The van der Waals surface area contributed by atoms with E-state index in [0.29, 0.717) is 11.3 Å². The van der Waals surface area contributed by atoms with Crippen LogP contribution in [0.2, 0.25) is 0 Å². The van der Waals surface area contributed by atoms with E-state index >= 15 is 0 Å². The van der Waals surface area contributed by atoms with Gasteiger partial charge in [0.25, 0.3) is 5.91 Å². The van der Waals surface area contributed by atoms with E-state index in [1.165, 1.54) is 18.9 Å². The third kappa shape index (κ3) is 3.86. The Morgan fingerprint density at radius 3 is 2.55 bits per heavy atom. The molecule has 1 N–H and O–H groups in total. The van der Waals surface area contributed by atoms with Crippen molar-refractivity contribution < 1.29 is 19.1 Å². The molecule has 1 atom stereocenters. The number of aryl methyl sites for hydroxylation is 1. The number of hydrogen-bond acceptors (Lipinski definition) is 6. The summed E-state index contributed by atoms with van der Waals surface area (Å²) in [5.74, 6) is -0.313. The van der Waals surface area contributed by atoms with Gasteiger partial charge in [-0.2, -0.15) is 5.01 Å². The van der Waals surface area contributed by atoms with Gasteiger partial charge in [0, 0.05) is 25.0 Å². The van der Waals surface area contributed by atoms with E-state index < -0.39 is 10.8 Å². The van der Waals surface area contributed by atoms with E-state index in [1.54, 1.807) is 4.90 Å². The van der Waals surface area contributed by atoms with Gasteiger partial charge in [0.1, 0.15) is 5.75 Å². The number of benzene rings is 2. The first-order valence-corrected chi connectivity index (χ1v) is 11.5. The maximum Gasteiger partial charge on any atom is 0.271 e. The van der Waals surface area contributed by atoms with Gasteiger partial charge in [-0.25, -0.2) is 0 Å². The van der Waals surface area contributed by atoms with Gasteiger partial charge < -0.3 is 15.0 Å². The third-order valence-electron chi connectivity index (χ3n) is 5.39. The largest absolute Gasteiger partial charge is 0.491 e. The van der Waals surface area contributed by atoms with Crippen LogP contribution in [0.4, 0.5) is 5.69 Å². The molecule has 0 saturated carbocycles. The van der Waals surface area contributed by atoms with Gasteiger partial charge in [-0.15, -0.1) is 5.10 Å². The Kier molecular flexibility index (Phi) is 5.92. The Morgan fingerprint density at radius 2 is 1.88 bits per heavy atom. The van der Waals surface area contributed by atoms with Crippen molar-refractivity contribution in [2.24, 2.45) is 5.10 Å². The highest BCUT2D eigenvalue weighted by Gasteiger charge is 2.61. The molecule has 9 heteroatoms. The van der Waals surface area contributed by atoms with E-state index in [4.69, 9.17) is 4.74 Å². The fourth-order valence-electron chi connectivity index (χ4n) is 4.18. The highest BCUT2D eigenvalue weighted by molar-refractivity contribution is 8.15. The molecule has 2 heterocycles. The number of amidine groups is 1. The molecule has 2 aromatic rings. The minimum Gasteiger partial charge on any atom is -0.491 e. The standard InChI is InChI=1S/C24H26N4O4S/c1-14(2)32-20-12-7-6-10-18(20)13-27-21-15(3)9-8-11-19(21)24(22(27)31)28(17(5)30)26-23(33-24)25-16(4)29/h6-12,14H,13H2,1-5H3,(H,25,26,29). The van der Waals surface area contributed by atoms with Crippen molar-refractivity contribution in [3.63, 3.8) is 0 Å². The third-order valence-corrected chi connectivity index (χ3v) is 6.63. The Hall–Kier alpha value is -3.33. The zero-order valence-corrected chi connectivity index (χ0v) is 20.0. The van der Waals surface area contributed by atoms with Gasteiger partial charge in [0.15, 0.2) is 5.17 Å². The summed E-state index contributed by atoms with van der Waals surface area (Å²) < 4.78 is 5.97. The van der Waals surface area contributed by atoms with Crippen molar-refractivity contribution in [1.29, 1.82) is 0 Å². The Labute approximate surface area is 197 Å². The second-order valence-corrected chi connectivity index (χ2v) is 9.48. The first-order valence-electron chi connectivity index (χ1n) is 10.7. The van der Waals surface area contributed by atoms with Crippen LogP contribution in [-0.4, -0.2) is 34.0 Å². The van der Waals surface area contributed by atoms with Crippen LogP contribution in [0.25, 0.3) is 0 Å². The number of anilines is 1. The highest BCUT2D eigenvalue weighted by Crippen LogP contribution is 2.55. The van der Waals surface area contributed by atoms with Crippen LogP contribution in [0.15, 0.2) is 47.6 Å². The van der Waals surface area contributed by atoms with Gasteiger partial charge in [-0.3, -0.25) is 14.4 Å². The quantitative estimate of drug-likeness (QED) is 0.745. The molecule has 0 aliphatic carbocycles. The number of para-hydroxylation sites is 2. The molecule has 0 aromatic heterocycles. The first-order chi connectivity index (χ1) is 15.6. The van der Waals surface area contributed by atoms with E-state index in [1.807, 2.05) is 63.2 Å². The van der Waals surface area contributed by atoms with E-state index in [-0.39, 0.29) is 29.6 Å². The lowest BCUT2D eigenvalue weighted by molar-refractivity contribution is -0.139. The maximum absolute atomic E-state index is 14.1. The molecule has 1 spiro atoms. The molecule has 0 bridgehead atoms. The lowest BCUT2D eigenvalue weighted by Crippen LogP contribution is -2.48. The SMILES string of the molecule is CC(=O)NC1=NN(C(C)=O)C2(S1)C(=O)N(Cc1ccccc1OC(C)C)c1c(C)cccc12. The fraction of sp³-hybridized carbons (Fsp3) is 0.333. The zero-order chi connectivity index (χ0) is 23.9. The Balaban J connectivity index is 1.82. The van der Waals surface area contributed by atoms with Crippen molar-refractivity contribution in [2.75, 3.05) is 4.90 Å². The van der Waals surface area contributed by atoms with Crippen LogP contribution in [0.3, 0.4) is 0 Å². The van der Waals surface area contributed by atoms with Gasteiger partial charge >= 0.3 is 0 Å². The van der Waals surface area contributed by atoms with Gasteiger partial charge in [-0.05, 0) is 44.2 Å². The monoisotopic (exact) mass is 466 g/mol. The second kappa shape index (κ2) is 8.55. The topological polar surface area (TPSA) is 91.3 Å². The summed E-state index contributed by atoms with van der Waals surface area (Å²) in [7, 11) is 0. The lowest BCUT2D eigenvalue weighted by atomic mass is 10.0. The Morgan fingerprint density at radius 1 is 1.15 bits per heavy atom. The van der Waals surface area contributed by atoms with E-state index in [9.17, 15) is 14.4 Å². The number of carbonyl (C=O) groups is 3. The molecule has 2 aliphatic rings. The minimum absolute atomic E-state index is 0.0204. The summed E-state index contributed by atoms with van der Waals surface area (Å²) in [6, 6.07) is 13.2. The Bertz CT molecular complexity index is 1180. The number of amides is 3. The summed E-state index contributed by atoms with van der Waals surface area (Å²) in [6.07, 6.45) is -0.0204. The predicted molar refractivity (Wildman–Crippen MR) is 128 cm³/mol. The molecule has 1 unspecified atom stereocenters. The molecular formula is C24H26N4O4S. The summed E-state index contributed by atoms with van der Waals surface area (Å²) in [5, 5.41) is 8.32. The van der Waals surface area contributed by atoms with Crippen LogP contribution in [0.1, 0.15) is 44.4 Å². The van der Waals surface area contributed by atoms with E-state index in [2.05, 4.69) is 10.4 Å². The van der Waals surface area contributed by atoms with Crippen molar-refractivity contribution in [2.45, 2.75) is 52.1 Å². The molecule has 0 fully saturated rings. The smallest absolute Gasteiger partial charge is 0.271 e. The number of hydrazone groups is 1. The number of nitrogens with one attached hydrogen (secondary N) is 1. The number of rotatable bonds is 4. The van der Waals surface area contributed by atoms with E-state index in [0.717, 1.165) is 28.6 Å². The van der Waals surface area contributed by atoms with Crippen molar-refractivity contribution >= 4 is 40.3 Å². The normalized spacial score (nSPS) is 19.2. The summed E-state index contributed by atoms with van der Waals surface area (Å²) >= 11 is 1.07. The summed E-state index contributed by atoms with van der Waals surface area (Å²) in [4.78, 5) is 38.7. The average Bonchev–Trinajstić information content (AvgIpc) is 3.22. The van der Waals surface area contributed by atoms with Crippen LogP contribution in [0.5, 0.6) is 5.75 Å². The molecule has 0 radical (unpaired) electrons. The predicted octanol–water partition coefficient (Wildman–Crippen LogP) is 3.48. The van der Waals surface area contributed by atoms with Crippen LogP contribution >= 0.6 is 11.8 Å². The lowest BCUT2D eigenvalue weighted by Gasteiger charge is -2.29. The van der Waals surface area contributed by atoms with Gasteiger partial charge in [0.05, 0.1) is 18.3 Å². The molecule has 0 saturated heterocycles. The summed E-state index contributed by atoms with van der Waals surface area (Å²) in [5.41, 5.74) is 3.15. The van der Waals surface area contributed by atoms with Crippen LogP contribution in [0, 0.1) is 6.92 Å². The van der Waals surface area contributed by atoms with Crippen molar-refractivity contribution in [1.82, 2.24) is 10.3 Å². The van der Waals surface area contributed by atoms with Crippen LogP contribution < -0.4 is 15.0 Å². The van der Waals surface area contributed by atoms with Crippen LogP contribution in [-0.2, 0) is 25.8 Å². The molecule has 3 amide bonds. The number of nitrogens with zero attached hydrogens (tertiary/aromatic N) is 3.